The number of carbonyl (C=O) groups is 1. The lowest BCUT2D eigenvalue weighted by Gasteiger charge is -2.07. The van der Waals surface area contributed by atoms with E-state index in [1.165, 1.54) is 0 Å². The number of alkyl halides is 3. The Hall–Kier alpha value is -1.19. The molecule has 0 saturated carbocycles. The van der Waals surface area contributed by atoms with Gasteiger partial charge in [0.25, 0.3) is 5.91 Å². The lowest BCUT2D eigenvalue weighted by Crippen LogP contribution is -2.28. The normalized spacial score (nSPS) is 11.6. The highest BCUT2D eigenvalue weighted by molar-refractivity contribution is 7.11. The van der Waals surface area contributed by atoms with Crippen molar-refractivity contribution in [2.75, 3.05) is 26.4 Å². The van der Waals surface area contributed by atoms with E-state index in [1.54, 1.807) is 0 Å². The first-order chi connectivity index (χ1) is 8.46. The number of rotatable bonds is 6. The van der Waals surface area contributed by atoms with Gasteiger partial charge in [0.05, 0.1) is 25.3 Å². The molecule has 1 rings (SSSR count). The van der Waals surface area contributed by atoms with Crippen molar-refractivity contribution in [3.05, 3.63) is 16.1 Å². The highest BCUT2D eigenvalue weighted by atomic mass is 32.1. The van der Waals surface area contributed by atoms with Gasteiger partial charge in [0.1, 0.15) is 4.88 Å². The van der Waals surface area contributed by atoms with Crippen molar-refractivity contribution in [1.29, 1.82) is 0 Å². The van der Waals surface area contributed by atoms with Gasteiger partial charge in [-0.15, -0.1) is 11.3 Å². The van der Waals surface area contributed by atoms with Crippen molar-refractivity contribution in [2.24, 2.45) is 0 Å². The van der Waals surface area contributed by atoms with Crippen LogP contribution in [-0.4, -0.2) is 42.4 Å². The van der Waals surface area contributed by atoms with Gasteiger partial charge in [-0.05, 0) is 0 Å². The Labute approximate surface area is 105 Å². The average molecular weight is 284 g/mol. The summed E-state index contributed by atoms with van der Waals surface area (Å²) < 4.78 is 42.2. The standard InChI is InChI=1S/C9H11F3N2O3S/c10-9(11,12)7-6(18-5-14-7)8(16)13-1-3-17-4-2-15/h5,15H,1-4H2,(H,13,16). The SMILES string of the molecule is O=C(NCCOCCO)c1scnc1C(F)(F)F. The smallest absolute Gasteiger partial charge is 0.394 e. The minimum Gasteiger partial charge on any atom is -0.394 e. The van der Waals surface area contributed by atoms with Crippen LogP contribution in [0.15, 0.2) is 5.51 Å². The van der Waals surface area contributed by atoms with E-state index in [1.807, 2.05) is 0 Å². The Morgan fingerprint density at radius 3 is 2.83 bits per heavy atom. The fraction of sp³-hybridized carbons (Fsp3) is 0.556. The summed E-state index contributed by atoms with van der Waals surface area (Å²) in [6, 6.07) is 0. The molecular formula is C9H11F3N2O3S. The summed E-state index contributed by atoms with van der Waals surface area (Å²) in [5.74, 6) is -0.836. The molecule has 0 aliphatic heterocycles. The van der Waals surface area contributed by atoms with Crippen molar-refractivity contribution in [2.45, 2.75) is 6.18 Å². The molecule has 0 bridgehead atoms. The molecule has 9 heteroatoms. The molecule has 0 aliphatic carbocycles. The number of nitrogens with zero attached hydrogens (tertiary/aromatic N) is 1. The van der Waals surface area contributed by atoms with Crippen LogP contribution < -0.4 is 5.32 Å². The second kappa shape index (κ2) is 6.66. The molecule has 102 valence electrons. The summed E-state index contributed by atoms with van der Waals surface area (Å²) in [6.07, 6.45) is -4.64. The molecule has 2 N–H and O–H groups in total. The fourth-order valence-electron chi connectivity index (χ4n) is 1.09. The zero-order valence-electron chi connectivity index (χ0n) is 9.16. The quantitative estimate of drug-likeness (QED) is 0.761. The molecule has 0 saturated heterocycles. The zero-order chi connectivity index (χ0) is 13.6. The summed E-state index contributed by atoms with van der Waals surface area (Å²) in [5.41, 5.74) is -0.207. The molecule has 0 radical (unpaired) electrons. The molecule has 1 amide bonds. The van der Waals surface area contributed by atoms with Crippen LogP contribution >= 0.6 is 11.3 Å². The molecule has 0 atom stereocenters. The van der Waals surface area contributed by atoms with Crippen molar-refractivity contribution < 1.29 is 27.8 Å². The number of hydrogen-bond acceptors (Lipinski definition) is 5. The van der Waals surface area contributed by atoms with Crippen molar-refractivity contribution in [3.63, 3.8) is 0 Å². The van der Waals surface area contributed by atoms with Gasteiger partial charge in [-0.2, -0.15) is 13.2 Å². The average Bonchev–Trinajstić information content (AvgIpc) is 2.77. The molecule has 5 nitrogen and oxygen atoms in total. The van der Waals surface area contributed by atoms with E-state index in [4.69, 9.17) is 9.84 Å². The second-order valence-electron chi connectivity index (χ2n) is 3.12. The maximum absolute atomic E-state index is 12.4. The monoisotopic (exact) mass is 284 g/mol. The number of aromatic nitrogens is 1. The molecule has 0 aliphatic rings. The summed E-state index contributed by atoms with van der Waals surface area (Å²) in [7, 11) is 0. The van der Waals surface area contributed by atoms with Gasteiger partial charge < -0.3 is 15.2 Å². The third-order valence-electron chi connectivity index (χ3n) is 1.81. The predicted octanol–water partition coefficient (Wildman–Crippen LogP) is 0.901. The second-order valence-corrected chi connectivity index (χ2v) is 3.97. The molecule has 1 aromatic rings. The van der Waals surface area contributed by atoms with Gasteiger partial charge >= 0.3 is 6.18 Å². The maximum Gasteiger partial charge on any atom is 0.434 e. The summed E-state index contributed by atoms with van der Waals surface area (Å²) in [4.78, 5) is 14.1. The minimum atomic E-state index is -4.64. The number of hydrogen-bond donors (Lipinski definition) is 2. The number of halogens is 3. The van der Waals surface area contributed by atoms with E-state index in [9.17, 15) is 18.0 Å². The van der Waals surface area contributed by atoms with Gasteiger partial charge in [0, 0.05) is 6.54 Å². The summed E-state index contributed by atoms with van der Waals surface area (Å²) in [5, 5.41) is 10.7. The molecule has 18 heavy (non-hydrogen) atoms. The highest BCUT2D eigenvalue weighted by Crippen LogP contribution is 2.32. The van der Waals surface area contributed by atoms with E-state index in [-0.39, 0.29) is 26.4 Å². The van der Waals surface area contributed by atoms with Gasteiger partial charge in [0.2, 0.25) is 0 Å². The van der Waals surface area contributed by atoms with Gasteiger partial charge in [0.15, 0.2) is 5.69 Å². The Morgan fingerprint density at radius 1 is 1.50 bits per heavy atom. The number of aliphatic hydroxyl groups excluding tert-OH is 1. The largest absolute Gasteiger partial charge is 0.434 e. The molecule has 1 heterocycles. The van der Waals surface area contributed by atoms with Crippen LogP contribution in [0.2, 0.25) is 0 Å². The number of amides is 1. The highest BCUT2D eigenvalue weighted by Gasteiger charge is 2.38. The summed E-state index contributed by atoms with van der Waals surface area (Å²) in [6.45, 7) is 0.145. The minimum absolute atomic E-state index is 0.0635. The van der Waals surface area contributed by atoms with Gasteiger partial charge in [-0.1, -0.05) is 0 Å². The maximum atomic E-state index is 12.4. The molecule has 0 unspecified atom stereocenters. The Kier molecular flexibility index (Phi) is 5.51. The molecular weight excluding hydrogens is 273 g/mol. The van der Waals surface area contributed by atoms with E-state index in [0.29, 0.717) is 11.3 Å². The number of aliphatic hydroxyl groups is 1. The third-order valence-corrected chi connectivity index (χ3v) is 2.64. The van der Waals surface area contributed by atoms with Crippen LogP contribution in [0, 0.1) is 0 Å². The van der Waals surface area contributed by atoms with Crippen LogP contribution in [-0.2, 0) is 10.9 Å². The van der Waals surface area contributed by atoms with Crippen molar-refractivity contribution >= 4 is 17.2 Å². The molecule has 1 aromatic heterocycles. The first kappa shape index (κ1) is 14.9. The topological polar surface area (TPSA) is 71.5 Å². The fourth-order valence-corrected chi connectivity index (χ4v) is 1.82. The van der Waals surface area contributed by atoms with Crippen LogP contribution in [0.25, 0.3) is 0 Å². The van der Waals surface area contributed by atoms with Gasteiger partial charge in [-0.25, -0.2) is 4.98 Å². The third kappa shape index (κ3) is 4.24. The number of thiazole rings is 1. The Morgan fingerprint density at radius 2 is 2.22 bits per heavy atom. The number of nitrogens with one attached hydrogen (secondary N) is 1. The zero-order valence-corrected chi connectivity index (χ0v) is 9.98. The predicted molar refractivity (Wildman–Crippen MR) is 57.4 cm³/mol. The molecule has 0 spiro atoms. The van der Waals surface area contributed by atoms with E-state index < -0.39 is 22.7 Å². The van der Waals surface area contributed by atoms with Crippen molar-refractivity contribution in [1.82, 2.24) is 10.3 Å². The Balaban J connectivity index is 2.50. The first-order valence-electron chi connectivity index (χ1n) is 4.94. The van der Waals surface area contributed by atoms with Crippen molar-refractivity contribution in [3.8, 4) is 0 Å². The van der Waals surface area contributed by atoms with E-state index in [0.717, 1.165) is 5.51 Å². The van der Waals surface area contributed by atoms with Crippen LogP contribution in [0.3, 0.4) is 0 Å². The number of ether oxygens (including phenoxy) is 1. The first-order valence-corrected chi connectivity index (χ1v) is 5.82. The molecule has 0 aromatic carbocycles. The number of carbonyl (C=O) groups excluding carboxylic acids is 1. The summed E-state index contributed by atoms with van der Waals surface area (Å²) >= 11 is 0.629. The van der Waals surface area contributed by atoms with E-state index in [2.05, 4.69) is 10.3 Å². The van der Waals surface area contributed by atoms with Crippen LogP contribution in [0.5, 0.6) is 0 Å². The lowest BCUT2D eigenvalue weighted by atomic mass is 10.3. The Bertz CT molecular complexity index is 395. The van der Waals surface area contributed by atoms with E-state index >= 15 is 0 Å². The van der Waals surface area contributed by atoms with Gasteiger partial charge in [-0.3, -0.25) is 4.79 Å². The van der Waals surface area contributed by atoms with Crippen LogP contribution in [0.1, 0.15) is 15.4 Å². The lowest BCUT2D eigenvalue weighted by molar-refractivity contribution is -0.141. The van der Waals surface area contributed by atoms with Crippen LogP contribution in [0.4, 0.5) is 13.2 Å². The molecule has 0 fully saturated rings.